The standard InChI is InChI=1S/C24H25ClN8/c25-19-12-10-17(11-13-19)15-33-23(29-30-31-33)22-9-4-14-32(22)24(27-16-26)28-21-8-3-6-18-5-1-2-7-20(18)21/h1-2,5,7,10-13,21-22H,3-4,6,8-9,14-15H2,(H,27,28)/t21?,22-/m1/s1. The first kappa shape index (κ1) is 21.4. The predicted molar refractivity (Wildman–Crippen MR) is 125 cm³/mol. The molecule has 1 fully saturated rings. The number of nitrogens with zero attached hydrogens (tertiary/aromatic N) is 7. The van der Waals surface area contributed by atoms with Crippen LogP contribution in [0.1, 0.15) is 60.3 Å². The molecule has 0 amide bonds. The third-order valence-corrected chi connectivity index (χ3v) is 6.66. The average molecular weight is 461 g/mol. The molecule has 0 radical (unpaired) electrons. The molecule has 2 aromatic carbocycles. The van der Waals surface area contributed by atoms with Gasteiger partial charge in [0, 0.05) is 11.6 Å². The highest BCUT2D eigenvalue weighted by atomic mass is 35.5. The monoisotopic (exact) mass is 460 g/mol. The Kier molecular flexibility index (Phi) is 6.22. The van der Waals surface area contributed by atoms with Crippen molar-refractivity contribution in [3.8, 4) is 6.19 Å². The molecule has 3 aromatic rings. The lowest BCUT2D eigenvalue weighted by Gasteiger charge is -2.29. The van der Waals surface area contributed by atoms with Crippen LogP contribution in [0.15, 0.2) is 53.5 Å². The number of halogens is 1. The van der Waals surface area contributed by atoms with E-state index in [1.165, 1.54) is 11.1 Å². The Bertz CT molecular complexity index is 1180. The van der Waals surface area contributed by atoms with E-state index in [0.717, 1.165) is 50.0 Å². The van der Waals surface area contributed by atoms with Gasteiger partial charge in [-0.05, 0) is 71.4 Å². The van der Waals surface area contributed by atoms with Crippen LogP contribution in [0.5, 0.6) is 0 Å². The fourth-order valence-electron chi connectivity index (χ4n) is 4.85. The van der Waals surface area contributed by atoms with Crippen LogP contribution in [0.2, 0.25) is 5.02 Å². The minimum absolute atomic E-state index is 0.0390. The molecule has 9 heteroatoms. The SMILES string of the molecule is N#CNC(=NC1CCCc2ccccc21)N1CCC[C@@H]1c1nnnn1Cc1ccc(Cl)cc1. The predicted octanol–water partition coefficient (Wildman–Crippen LogP) is 4.02. The van der Waals surface area contributed by atoms with Gasteiger partial charge in [-0.1, -0.05) is 48.0 Å². The molecule has 1 aliphatic heterocycles. The fourth-order valence-corrected chi connectivity index (χ4v) is 4.98. The van der Waals surface area contributed by atoms with Crippen LogP contribution in [-0.4, -0.2) is 37.6 Å². The molecule has 1 N–H and O–H groups in total. The van der Waals surface area contributed by atoms with Gasteiger partial charge in [-0.15, -0.1) is 5.10 Å². The molecule has 2 heterocycles. The molecule has 0 bridgehead atoms. The molecule has 0 spiro atoms. The molecule has 2 atom stereocenters. The summed E-state index contributed by atoms with van der Waals surface area (Å²) in [6, 6.07) is 16.2. The van der Waals surface area contributed by atoms with Gasteiger partial charge < -0.3 is 4.90 Å². The number of guanidine groups is 1. The number of aliphatic imine (C=N–C) groups is 1. The van der Waals surface area contributed by atoms with Crippen molar-refractivity contribution in [2.45, 2.75) is 50.7 Å². The number of hydrogen-bond acceptors (Lipinski definition) is 5. The second kappa shape index (κ2) is 9.59. The molecule has 2 aliphatic rings. The van der Waals surface area contributed by atoms with E-state index in [4.69, 9.17) is 16.6 Å². The lowest BCUT2D eigenvalue weighted by atomic mass is 9.88. The number of rotatable bonds is 4. The summed E-state index contributed by atoms with van der Waals surface area (Å²) in [5.74, 6) is 1.38. The van der Waals surface area contributed by atoms with E-state index in [2.05, 4.69) is 56.2 Å². The molecule has 1 unspecified atom stereocenters. The van der Waals surface area contributed by atoms with Gasteiger partial charge in [0.05, 0.1) is 18.6 Å². The average Bonchev–Trinajstić information content (AvgIpc) is 3.50. The zero-order chi connectivity index (χ0) is 22.6. The van der Waals surface area contributed by atoms with Gasteiger partial charge in [0.1, 0.15) is 0 Å². The molecule has 5 rings (SSSR count). The lowest BCUT2D eigenvalue weighted by Crippen LogP contribution is -2.40. The van der Waals surface area contributed by atoms with Crippen molar-refractivity contribution in [1.82, 2.24) is 30.4 Å². The first-order chi connectivity index (χ1) is 16.2. The van der Waals surface area contributed by atoms with Crippen LogP contribution >= 0.6 is 11.6 Å². The van der Waals surface area contributed by atoms with Gasteiger partial charge >= 0.3 is 0 Å². The Morgan fingerprint density at radius 1 is 1.15 bits per heavy atom. The zero-order valence-corrected chi connectivity index (χ0v) is 19.0. The van der Waals surface area contributed by atoms with E-state index < -0.39 is 0 Å². The van der Waals surface area contributed by atoms with E-state index in [9.17, 15) is 5.26 Å². The van der Waals surface area contributed by atoms with E-state index >= 15 is 0 Å². The third-order valence-electron chi connectivity index (χ3n) is 6.41. The molecule has 8 nitrogen and oxygen atoms in total. The second-order valence-corrected chi connectivity index (χ2v) is 8.91. The summed E-state index contributed by atoms with van der Waals surface area (Å²) in [5.41, 5.74) is 3.67. The normalized spacial score (nSPS) is 20.4. The van der Waals surface area contributed by atoms with Crippen molar-refractivity contribution < 1.29 is 0 Å². The number of hydrogen-bond donors (Lipinski definition) is 1. The first-order valence-electron chi connectivity index (χ1n) is 11.3. The summed E-state index contributed by atoms with van der Waals surface area (Å²) in [5, 5.41) is 25.6. The number of aryl methyl sites for hydroxylation is 1. The summed E-state index contributed by atoms with van der Waals surface area (Å²) >= 11 is 6.02. The van der Waals surface area contributed by atoms with Crippen molar-refractivity contribution in [1.29, 1.82) is 5.26 Å². The number of fused-ring (bicyclic) bond motifs is 1. The molecule has 33 heavy (non-hydrogen) atoms. The van der Waals surface area contributed by atoms with Gasteiger partial charge in [0.15, 0.2) is 12.0 Å². The van der Waals surface area contributed by atoms with Crippen LogP contribution in [-0.2, 0) is 13.0 Å². The molecular weight excluding hydrogens is 436 g/mol. The lowest BCUT2D eigenvalue weighted by molar-refractivity contribution is 0.357. The van der Waals surface area contributed by atoms with E-state index in [1.54, 1.807) is 0 Å². The van der Waals surface area contributed by atoms with Crippen LogP contribution in [0.3, 0.4) is 0 Å². The summed E-state index contributed by atoms with van der Waals surface area (Å²) in [7, 11) is 0. The maximum Gasteiger partial charge on any atom is 0.208 e. The Hall–Kier alpha value is -3.44. The third kappa shape index (κ3) is 4.55. The highest BCUT2D eigenvalue weighted by Gasteiger charge is 2.34. The van der Waals surface area contributed by atoms with Crippen LogP contribution < -0.4 is 5.32 Å². The minimum Gasteiger partial charge on any atom is -0.332 e. The molecule has 0 saturated carbocycles. The van der Waals surface area contributed by atoms with Crippen molar-refractivity contribution in [2.24, 2.45) is 4.99 Å². The van der Waals surface area contributed by atoms with E-state index in [-0.39, 0.29) is 12.1 Å². The molecule has 168 valence electrons. The van der Waals surface area contributed by atoms with Crippen LogP contribution in [0.25, 0.3) is 0 Å². The van der Waals surface area contributed by atoms with Crippen LogP contribution in [0, 0.1) is 11.5 Å². The Balaban J connectivity index is 1.43. The number of nitrogens with one attached hydrogen (secondary N) is 1. The number of nitriles is 1. The van der Waals surface area contributed by atoms with Crippen molar-refractivity contribution in [2.75, 3.05) is 6.54 Å². The summed E-state index contributed by atoms with van der Waals surface area (Å²) in [4.78, 5) is 7.19. The Morgan fingerprint density at radius 3 is 2.85 bits per heavy atom. The number of benzene rings is 2. The number of likely N-dealkylation sites (tertiary alicyclic amines) is 1. The first-order valence-corrected chi connectivity index (χ1v) is 11.7. The quantitative estimate of drug-likeness (QED) is 0.273. The van der Waals surface area contributed by atoms with Crippen molar-refractivity contribution in [3.05, 3.63) is 76.1 Å². The Labute approximate surface area is 197 Å². The molecule has 1 saturated heterocycles. The van der Waals surface area contributed by atoms with E-state index in [0.29, 0.717) is 17.5 Å². The van der Waals surface area contributed by atoms with Gasteiger partial charge in [-0.25, -0.2) is 9.67 Å². The van der Waals surface area contributed by atoms with Crippen molar-refractivity contribution in [3.63, 3.8) is 0 Å². The topological polar surface area (TPSA) is 95.0 Å². The largest absolute Gasteiger partial charge is 0.332 e. The Morgan fingerprint density at radius 2 is 2.00 bits per heavy atom. The smallest absolute Gasteiger partial charge is 0.208 e. The highest BCUT2D eigenvalue weighted by molar-refractivity contribution is 6.30. The highest BCUT2D eigenvalue weighted by Crippen LogP contribution is 2.35. The maximum absolute atomic E-state index is 9.49. The zero-order valence-electron chi connectivity index (χ0n) is 18.2. The van der Waals surface area contributed by atoms with Crippen molar-refractivity contribution >= 4 is 17.6 Å². The number of aromatic nitrogens is 4. The molecule has 1 aromatic heterocycles. The molecular formula is C24H25ClN8. The second-order valence-electron chi connectivity index (χ2n) is 8.47. The molecule has 1 aliphatic carbocycles. The van der Waals surface area contributed by atoms with Gasteiger partial charge in [0.2, 0.25) is 5.96 Å². The fraction of sp³-hybridized carbons (Fsp3) is 0.375. The van der Waals surface area contributed by atoms with Crippen LogP contribution in [0.4, 0.5) is 0 Å². The van der Waals surface area contributed by atoms with Gasteiger partial charge in [-0.2, -0.15) is 5.26 Å². The summed E-state index contributed by atoms with van der Waals surface area (Å²) < 4.78 is 1.83. The maximum atomic E-state index is 9.49. The number of tetrazole rings is 1. The van der Waals surface area contributed by atoms with Gasteiger partial charge in [-0.3, -0.25) is 5.32 Å². The summed E-state index contributed by atoms with van der Waals surface area (Å²) in [6.45, 7) is 1.35. The van der Waals surface area contributed by atoms with Gasteiger partial charge in [0.25, 0.3) is 0 Å². The van der Waals surface area contributed by atoms with E-state index in [1.807, 2.05) is 28.9 Å². The minimum atomic E-state index is -0.0502. The summed E-state index contributed by atoms with van der Waals surface area (Å²) in [6.07, 6.45) is 7.11.